The van der Waals surface area contributed by atoms with Gasteiger partial charge in [0.15, 0.2) is 0 Å². The van der Waals surface area contributed by atoms with Crippen LogP contribution in [0.25, 0.3) is 0 Å². The fourth-order valence-electron chi connectivity index (χ4n) is 1.49. The number of hydrogen-bond acceptors (Lipinski definition) is 3. The lowest BCUT2D eigenvalue weighted by atomic mass is 10.1. The lowest BCUT2D eigenvalue weighted by Gasteiger charge is -2.13. The summed E-state index contributed by atoms with van der Waals surface area (Å²) in [6.45, 7) is 0.596. The van der Waals surface area contributed by atoms with E-state index in [1.54, 1.807) is 0 Å². The van der Waals surface area contributed by atoms with Crippen LogP contribution in [-0.4, -0.2) is 17.7 Å². The monoisotopic (exact) mass is 192 g/mol. The first-order chi connectivity index (χ1) is 6.77. The zero-order chi connectivity index (χ0) is 9.97. The van der Waals surface area contributed by atoms with E-state index in [0.717, 1.165) is 5.56 Å². The second-order valence-corrected chi connectivity index (χ2v) is 3.83. The molecule has 3 nitrogen and oxygen atoms in total. The maximum Gasteiger partial charge on any atom is 0.0934 e. The quantitative estimate of drug-likeness (QED) is 0.625. The van der Waals surface area contributed by atoms with Crippen molar-refractivity contribution in [3.63, 3.8) is 0 Å². The van der Waals surface area contributed by atoms with Crippen molar-refractivity contribution in [2.24, 2.45) is 0 Å². The van der Waals surface area contributed by atoms with Crippen LogP contribution in [0.1, 0.15) is 24.5 Å². The summed E-state index contributed by atoms with van der Waals surface area (Å²) < 4.78 is 0. The Kier molecular flexibility index (Phi) is 2.70. The van der Waals surface area contributed by atoms with Gasteiger partial charge in [-0.25, -0.2) is 0 Å². The minimum atomic E-state index is -0.489. The zero-order valence-electron chi connectivity index (χ0n) is 8.11. The first kappa shape index (κ1) is 9.49. The molecule has 1 atom stereocenters. The highest BCUT2D eigenvalue weighted by Gasteiger charge is 2.22. The number of para-hydroxylation sites is 1. The van der Waals surface area contributed by atoms with Gasteiger partial charge >= 0.3 is 0 Å². The van der Waals surface area contributed by atoms with Crippen molar-refractivity contribution in [3.8, 4) is 0 Å². The van der Waals surface area contributed by atoms with Crippen molar-refractivity contribution in [3.05, 3.63) is 29.8 Å². The van der Waals surface area contributed by atoms with E-state index in [9.17, 15) is 5.11 Å². The van der Waals surface area contributed by atoms with Gasteiger partial charge in [0.05, 0.1) is 6.10 Å². The number of hydrogen-bond donors (Lipinski definition) is 3. The van der Waals surface area contributed by atoms with Gasteiger partial charge in [-0.2, -0.15) is 0 Å². The molecule has 0 amide bonds. The number of nitrogens with two attached hydrogens (primary N) is 1. The van der Waals surface area contributed by atoms with E-state index < -0.39 is 6.10 Å². The molecule has 0 aromatic heterocycles. The summed E-state index contributed by atoms with van der Waals surface area (Å²) in [5.41, 5.74) is 7.24. The molecule has 1 aromatic rings. The average Bonchev–Trinajstić information content (AvgIpc) is 2.98. The smallest absolute Gasteiger partial charge is 0.0934 e. The molecule has 4 N–H and O–H groups in total. The Morgan fingerprint density at radius 1 is 1.43 bits per heavy atom. The number of aliphatic hydroxyl groups excluding tert-OH is 1. The van der Waals surface area contributed by atoms with Gasteiger partial charge in [0, 0.05) is 23.8 Å². The van der Waals surface area contributed by atoms with Crippen LogP contribution < -0.4 is 11.1 Å². The van der Waals surface area contributed by atoms with Crippen LogP contribution in [0.2, 0.25) is 0 Å². The van der Waals surface area contributed by atoms with E-state index in [0.29, 0.717) is 18.3 Å². The van der Waals surface area contributed by atoms with Gasteiger partial charge < -0.3 is 16.2 Å². The summed E-state index contributed by atoms with van der Waals surface area (Å²) in [5, 5.41) is 13.1. The third-order valence-electron chi connectivity index (χ3n) is 2.53. The van der Waals surface area contributed by atoms with E-state index in [1.807, 2.05) is 24.3 Å². The molecule has 1 fully saturated rings. The summed E-state index contributed by atoms with van der Waals surface area (Å²) >= 11 is 0. The molecular weight excluding hydrogens is 176 g/mol. The Morgan fingerprint density at radius 3 is 2.79 bits per heavy atom. The lowest BCUT2D eigenvalue weighted by molar-refractivity contribution is 0.175. The molecule has 3 heteroatoms. The molecule has 1 aliphatic carbocycles. The predicted molar refractivity (Wildman–Crippen MR) is 56.8 cm³/mol. The van der Waals surface area contributed by atoms with Crippen molar-refractivity contribution >= 4 is 5.69 Å². The van der Waals surface area contributed by atoms with E-state index in [-0.39, 0.29) is 0 Å². The molecule has 1 saturated carbocycles. The Balaban J connectivity index is 1.95. The molecular formula is C11H16N2O. The summed E-state index contributed by atoms with van der Waals surface area (Å²) in [4.78, 5) is 0. The first-order valence-electron chi connectivity index (χ1n) is 5.03. The Labute approximate surface area is 83.9 Å². The van der Waals surface area contributed by atoms with Gasteiger partial charge in [-0.3, -0.25) is 0 Å². The molecule has 0 saturated heterocycles. The lowest BCUT2D eigenvalue weighted by Crippen LogP contribution is -2.23. The van der Waals surface area contributed by atoms with Crippen molar-refractivity contribution in [2.45, 2.75) is 25.0 Å². The van der Waals surface area contributed by atoms with Crippen LogP contribution in [0.15, 0.2) is 24.3 Å². The van der Waals surface area contributed by atoms with Crippen LogP contribution in [0, 0.1) is 0 Å². The van der Waals surface area contributed by atoms with Crippen molar-refractivity contribution < 1.29 is 5.11 Å². The van der Waals surface area contributed by atoms with Crippen molar-refractivity contribution in [2.75, 3.05) is 12.3 Å². The zero-order valence-corrected chi connectivity index (χ0v) is 8.11. The van der Waals surface area contributed by atoms with Gasteiger partial charge in [-0.1, -0.05) is 18.2 Å². The number of nitrogen functional groups attached to an aromatic ring is 1. The SMILES string of the molecule is Nc1ccccc1C(O)CNC1CC1. The fourth-order valence-corrected chi connectivity index (χ4v) is 1.49. The van der Waals surface area contributed by atoms with E-state index in [2.05, 4.69) is 5.32 Å². The minimum Gasteiger partial charge on any atom is -0.398 e. The number of anilines is 1. The third kappa shape index (κ3) is 2.25. The molecule has 2 rings (SSSR count). The summed E-state index contributed by atoms with van der Waals surface area (Å²) in [7, 11) is 0. The fraction of sp³-hybridized carbons (Fsp3) is 0.455. The second kappa shape index (κ2) is 3.98. The standard InChI is InChI=1S/C11H16N2O/c12-10-4-2-1-3-9(10)11(14)7-13-8-5-6-8/h1-4,8,11,13-14H,5-7,12H2. The van der Waals surface area contributed by atoms with Gasteiger partial charge in [-0.05, 0) is 18.9 Å². The summed E-state index contributed by atoms with van der Waals surface area (Å²) in [5.74, 6) is 0. The second-order valence-electron chi connectivity index (χ2n) is 3.83. The highest BCUT2D eigenvalue weighted by Crippen LogP contribution is 2.22. The van der Waals surface area contributed by atoms with Crippen molar-refractivity contribution in [1.82, 2.24) is 5.32 Å². The molecule has 0 aliphatic heterocycles. The van der Waals surface area contributed by atoms with E-state index >= 15 is 0 Å². The molecule has 0 spiro atoms. The summed E-state index contributed by atoms with van der Waals surface area (Å²) in [6.07, 6.45) is 1.98. The number of nitrogens with one attached hydrogen (secondary N) is 1. The molecule has 1 unspecified atom stereocenters. The molecule has 0 heterocycles. The maximum absolute atomic E-state index is 9.84. The first-order valence-corrected chi connectivity index (χ1v) is 5.03. The highest BCUT2D eigenvalue weighted by atomic mass is 16.3. The Hall–Kier alpha value is -1.06. The molecule has 0 radical (unpaired) electrons. The molecule has 1 aromatic carbocycles. The van der Waals surface area contributed by atoms with Crippen LogP contribution in [0.3, 0.4) is 0 Å². The molecule has 14 heavy (non-hydrogen) atoms. The van der Waals surface area contributed by atoms with Crippen LogP contribution >= 0.6 is 0 Å². The highest BCUT2D eigenvalue weighted by molar-refractivity contribution is 5.47. The molecule has 0 bridgehead atoms. The maximum atomic E-state index is 9.84. The van der Waals surface area contributed by atoms with Crippen LogP contribution in [-0.2, 0) is 0 Å². The van der Waals surface area contributed by atoms with Gasteiger partial charge in [0.2, 0.25) is 0 Å². The van der Waals surface area contributed by atoms with E-state index in [1.165, 1.54) is 12.8 Å². The average molecular weight is 192 g/mol. The number of rotatable bonds is 4. The molecule has 76 valence electrons. The topological polar surface area (TPSA) is 58.3 Å². The van der Waals surface area contributed by atoms with Gasteiger partial charge in [-0.15, -0.1) is 0 Å². The van der Waals surface area contributed by atoms with E-state index in [4.69, 9.17) is 5.73 Å². The van der Waals surface area contributed by atoms with Crippen molar-refractivity contribution in [1.29, 1.82) is 0 Å². The number of aliphatic hydroxyl groups is 1. The van der Waals surface area contributed by atoms with Gasteiger partial charge in [0.25, 0.3) is 0 Å². The minimum absolute atomic E-state index is 0.489. The molecule has 1 aliphatic rings. The third-order valence-corrected chi connectivity index (χ3v) is 2.53. The predicted octanol–water partition coefficient (Wildman–Crippen LogP) is 1.05. The largest absolute Gasteiger partial charge is 0.398 e. The Bertz CT molecular complexity index is 310. The summed E-state index contributed by atoms with van der Waals surface area (Å²) in [6, 6.07) is 8.07. The van der Waals surface area contributed by atoms with Crippen LogP contribution in [0.5, 0.6) is 0 Å². The number of benzene rings is 1. The van der Waals surface area contributed by atoms with Crippen LogP contribution in [0.4, 0.5) is 5.69 Å². The Morgan fingerprint density at radius 2 is 2.14 bits per heavy atom. The normalized spacial score (nSPS) is 18.1. The van der Waals surface area contributed by atoms with Gasteiger partial charge in [0.1, 0.15) is 0 Å².